The molecule has 5 nitrogen and oxygen atoms in total. The molecule has 0 spiro atoms. The van der Waals surface area contributed by atoms with Crippen LogP contribution in [-0.4, -0.2) is 40.1 Å². The Morgan fingerprint density at radius 2 is 1.81 bits per heavy atom. The lowest BCUT2D eigenvalue weighted by Gasteiger charge is -2.53. The van der Waals surface area contributed by atoms with Gasteiger partial charge in [0.25, 0.3) is 10.1 Å². The molecule has 2 aliphatic heterocycles. The molecule has 3 fully saturated rings. The molecule has 3 rings (SSSR count). The van der Waals surface area contributed by atoms with Gasteiger partial charge in [-0.3, -0.25) is 4.55 Å². The normalized spacial score (nSPS) is 53.2. The summed E-state index contributed by atoms with van der Waals surface area (Å²) >= 11 is 0. The monoisotopic (exact) mass is 318 g/mol. The lowest BCUT2D eigenvalue weighted by molar-refractivity contribution is -0.249. The van der Waals surface area contributed by atoms with E-state index in [2.05, 4.69) is 0 Å². The topological polar surface area (TPSA) is 83.8 Å². The number of rotatable bonds is 2. The minimum atomic E-state index is -4.22. The van der Waals surface area contributed by atoms with Gasteiger partial charge in [0.05, 0.1) is 17.3 Å². The maximum absolute atomic E-state index is 12.0. The Morgan fingerprint density at radius 3 is 2.33 bits per heavy atom. The zero-order chi connectivity index (χ0) is 15.8. The number of hydrogen-bond donors (Lipinski definition) is 2. The van der Waals surface area contributed by atoms with Gasteiger partial charge in [-0.15, -0.1) is 0 Å². The first kappa shape index (κ1) is 15.7. The fourth-order valence-electron chi connectivity index (χ4n) is 5.26. The van der Waals surface area contributed by atoms with Gasteiger partial charge >= 0.3 is 0 Å². The van der Waals surface area contributed by atoms with Crippen molar-refractivity contribution in [3.8, 4) is 0 Å². The average molecular weight is 318 g/mol. The summed E-state index contributed by atoms with van der Waals surface area (Å²) in [6.45, 7) is 7.64. The van der Waals surface area contributed by atoms with E-state index in [0.717, 1.165) is 12.8 Å². The molecular formula is C15H26O5S. The summed E-state index contributed by atoms with van der Waals surface area (Å²) in [4.78, 5) is 0. The van der Waals surface area contributed by atoms with Gasteiger partial charge in [-0.2, -0.15) is 8.42 Å². The van der Waals surface area contributed by atoms with Crippen LogP contribution in [0.5, 0.6) is 0 Å². The van der Waals surface area contributed by atoms with Crippen molar-refractivity contribution in [2.45, 2.75) is 75.4 Å². The molecule has 2 N–H and O–H groups in total. The van der Waals surface area contributed by atoms with Crippen molar-refractivity contribution in [1.29, 1.82) is 0 Å². The van der Waals surface area contributed by atoms with Gasteiger partial charge in [-0.25, -0.2) is 0 Å². The smallest absolute Gasteiger partial charge is 0.270 e. The van der Waals surface area contributed by atoms with Crippen molar-refractivity contribution in [2.75, 3.05) is 0 Å². The van der Waals surface area contributed by atoms with E-state index < -0.39 is 38.1 Å². The summed E-state index contributed by atoms with van der Waals surface area (Å²) in [6.07, 6.45) is 1.78. The van der Waals surface area contributed by atoms with Crippen LogP contribution in [0, 0.1) is 17.8 Å². The number of hydrogen-bond acceptors (Lipinski definition) is 4. The zero-order valence-corrected chi connectivity index (χ0v) is 14.0. The highest BCUT2D eigenvalue weighted by Crippen LogP contribution is 2.63. The number of aliphatic hydroxyl groups excluding tert-OH is 1. The van der Waals surface area contributed by atoms with E-state index in [9.17, 15) is 18.1 Å². The van der Waals surface area contributed by atoms with Gasteiger partial charge in [0, 0.05) is 5.92 Å². The molecule has 0 amide bonds. The molecule has 0 unspecified atom stereocenters. The van der Waals surface area contributed by atoms with Gasteiger partial charge in [-0.1, -0.05) is 13.8 Å². The summed E-state index contributed by atoms with van der Waals surface area (Å²) in [6, 6.07) is 0. The van der Waals surface area contributed by atoms with Crippen LogP contribution in [0.15, 0.2) is 0 Å². The number of ether oxygens (including phenoxy) is 1. The third-order valence-corrected chi connectivity index (χ3v) is 8.37. The fraction of sp³-hybridized carbons (Fsp3) is 1.00. The quantitative estimate of drug-likeness (QED) is 0.761. The minimum absolute atomic E-state index is 0.0196. The average Bonchev–Trinajstić information content (AvgIpc) is 2.86. The van der Waals surface area contributed by atoms with Crippen LogP contribution in [0.25, 0.3) is 0 Å². The first-order chi connectivity index (χ1) is 9.48. The molecule has 3 aliphatic rings. The van der Waals surface area contributed by atoms with Crippen molar-refractivity contribution in [2.24, 2.45) is 17.8 Å². The van der Waals surface area contributed by atoms with Crippen LogP contribution < -0.4 is 0 Å². The van der Waals surface area contributed by atoms with Gasteiger partial charge in [0.15, 0.2) is 0 Å². The van der Waals surface area contributed by atoms with Crippen LogP contribution in [-0.2, 0) is 14.9 Å². The van der Waals surface area contributed by atoms with E-state index in [0.29, 0.717) is 12.8 Å². The SMILES string of the molecule is CC(C)[C@@]12CC[C@@](C)(O1)[C@H]1CC[C@](C)(S(=O)(=O)O)[C@H]1[C@@H]2O. The van der Waals surface area contributed by atoms with E-state index in [4.69, 9.17) is 4.74 Å². The molecule has 0 radical (unpaired) electrons. The third-order valence-electron chi connectivity index (χ3n) is 6.72. The summed E-state index contributed by atoms with van der Waals surface area (Å²) < 4.78 is 38.8. The van der Waals surface area contributed by atoms with E-state index in [1.165, 1.54) is 0 Å². The first-order valence-corrected chi connectivity index (χ1v) is 9.27. The zero-order valence-electron chi connectivity index (χ0n) is 13.2. The summed E-state index contributed by atoms with van der Waals surface area (Å²) in [7, 11) is -4.22. The van der Waals surface area contributed by atoms with Crippen molar-refractivity contribution in [3.05, 3.63) is 0 Å². The lowest BCUT2D eigenvalue weighted by Crippen LogP contribution is -2.64. The predicted molar refractivity (Wildman–Crippen MR) is 78.5 cm³/mol. The molecule has 6 atom stereocenters. The molecule has 21 heavy (non-hydrogen) atoms. The third kappa shape index (κ3) is 1.76. The lowest BCUT2D eigenvalue weighted by atomic mass is 9.69. The van der Waals surface area contributed by atoms with Crippen LogP contribution in [0.4, 0.5) is 0 Å². The Balaban J connectivity index is 2.13. The Labute approximate surface area is 126 Å². The van der Waals surface area contributed by atoms with Crippen molar-refractivity contribution in [1.82, 2.24) is 0 Å². The Kier molecular flexibility index (Phi) is 3.16. The maximum Gasteiger partial charge on any atom is 0.270 e. The van der Waals surface area contributed by atoms with Crippen LogP contribution in [0.2, 0.25) is 0 Å². The Bertz CT molecular complexity index is 558. The molecule has 6 heteroatoms. The maximum atomic E-state index is 12.0. The van der Waals surface area contributed by atoms with E-state index in [-0.39, 0.29) is 11.8 Å². The van der Waals surface area contributed by atoms with Gasteiger partial charge in [0.2, 0.25) is 0 Å². The van der Waals surface area contributed by atoms with Crippen LogP contribution in [0.1, 0.15) is 53.4 Å². The second kappa shape index (κ2) is 4.22. The molecule has 0 aromatic rings. The molecule has 1 aliphatic carbocycles. The highest BCUT2D eigenvalue weighted by molar-refractivity contribution is 7.87. The molecule has 1 saturated carbocycles. The summed E-state index contributed by atoms with van der Waals surface area (Å²) in [5, 5.41) is 11.0. The van der Waals surface area contributed by atoms with Crippen molar-refractivity contribution in [3.63, 3.8) is 0 Å². The number of aliphatic hydroxyl groups is 1. The highest BCUT2D eigenvalue weighted by atomic mass is 32.2. The largest absolute Gasteiger partial charge is 0.390 e. The predicted octanol–water partition coefficient (Wildman–Crippen LogP) is 2.00. The van der Waals surface area contributed by atoms with Gasteiger partial charge < -0.3 is 9.84 Å². The second-order valence-electron chi connectivity index (χ2n) is 7.93. The first-order valence-electron chi connectivity index (χ1n) is 7.83. The van der Waals surface area contributed by atoms with Gasteiger partial charge in [0.1, 0.15) is 4.75 Å². The van der Waals surface area contributed by atoms with Crippen molar-refractivity contribution >= 4 is 10.1 Å². The highest BCUT2D eigenvalue weighted by Gasteiger charge is 2.71. The van der Waals surface area contributed by atoms with Crippen LogP contribution in [0.3, 0.4) is 0 Å². The molecular weight excluding hydrogens is 292 g/mol. The standard InChI is InChI=1S/C15H26O5S/c1-9(2)15-8-7-13(3,20-15)10-5-6-14(4,21(17,18)19)11(10)12(15)16/h9-12,16H,5-8H2,1-4H3,(H,17,18,19)/t10-,11+,12-,13+,14-,15+/m0/s1. The van der Waals surface area contributed by atoms with Crippen LogP contribution >= 0.6 is 0 Å². The second-order valence-corrected chi connectivity index (χ2v) is 9.81. The minimum Gasteiger partial charge on any atom is -0.390 e. The molecule has 0 aromatic carbocycles. The van der Waals surface area contributed by atoms with E-state index >= 15 is 0 Å². The summed E-state index contributed by atoms with van der Waals surface area (Å²) in [5.74, 6) is -0.383. The molecule has 2 bridgehead atoms. The fourth-order valence-corrected chi connectivity index (χ4v) is 6.27. The summed E-state index contributed by atoms with van der Waals surface area (Å²) in [5.41, 5.74) is -1.08. The van der Waals surface area contributed by atoms with E-state index in [1.807, 2.05) is 20.8 Å². The Hall–Kier alpha value is -0.170. The van der Waals surface area contributed by atoms with Gasteiger partial charge in [-0.05, 0) is 51.4 Å². The number of fused-ring (bicyclic) bond motifs is 4. The van der Waals surface area contributed by atoms with E-state index in [1.54, 1.807) is 6.92 Å². The molecule has 2 heterocycles. The Morgan fingerprint density at radius 1 is 1.19 bits per heavy atom. The molecule has 122 valence electrons. The molecule has 0 aromatic heterocycles. The van der Waals surface area contributed by atoms with Crippen molar-refractivity contribution < 1.29 is 22.8 Å². The molecule has 2 saturated heterocycles.